The molecule has 5 heteroatoms. The maximum atomic E-state index is 6.24. The van der Waals surface area contributed by atoms with Crippen LogP contribution in [0.2, 0.25) is 0 Å². The highest BCUT2D eigenvalue weighted by Crippen LogP contribution is 2.26. The number of hydrogen-bond donors (Lipinski definition) is 1. The molecule has 0 fully saturated rings. The van der Waals surface area contributed by atoms with Crippen LogP contribution in [-0.2, 0) is 13.3 Å². The maximum absolute atomic E-state index is 6.24. The van der Waals surface area contributed by atoms with Crippen LogP contribution in [0.1, 0.15) is 52.0 Å². The van der Waals surface area contributed by atoms with Gasteiger partial charge in [-0.1, -0.05) is 57.2 Å². The first-order valence-corrected chi connectivity index (χ1v) is 10.8. The molecule has 0 heterocycles. The van der Waals surface area contributed by atoms with E-state index in [1.165, 1.54) is 0 Å². The molecular formula is C19H33NO3Si. The Kier molecular flexibility index (Phi) is 10.9. The molecule has 0 saturated heterocycles. The van der Waals surface area contributed by atoms with Gasteiger partial charge >= 0.3 is 8.80 Å². The monoisotopic (exact) mass is 351 g/mol. The summed E-state index contributed by atoms with van der Waals surface area (Å²) in [6.07, 6.45) is 5.65. The first-order valence-electron chi connectivity index (χ1n) is 9.10. The van der Waals surface area contributed by atoms with Gasteiger partial charge in [-0.05, 0) is 37.8 Å². The van der Waals surface area contributed by atoms with E-state index in [1.54, 1.807) is 0 Å². The summed E-state index contributed by atoms with van der Waals surface area (Å²) in [5.41, 5.74) is 7.00. The topological polar surface area (TPSA) is 53.7 Å². The van der Waals surface area contributed by atoms with Gasteiger partial charge in [0.2, 0.25) is 0 Å². The van der Waals surface area contributed by atoms with Crippen LogP contribution in [0.3, 0.4) is 0 Å². The van der Waals surface area contributed by atoms with E-state index >= 15 is 0 Å². The van der Waals surface area contributed by atoms with E-state index in [2.05, 4.69) is 39.0 Å². The van der Waals surface area contributed by atoms with Crippen molar-refractivity contribution in [3.8, 4) is 0 Å². The number of rotatable bonds is 13. The summed E-state index contributed by atoms with van der Waals surface area (Å²) in [6, 6.07) is 10.2. The molecule has 24 heavy (non-hydrogen) atoms. The van der Waals surface area contributed by atoms with Crippen LogP contribution in [0.25, 0.3) is 6.08 Å². The fourth-order valence-corrected chi connectivity index (χ4v) is 5.35. The van der Waals surface area contributed by atoms with Gasteiger partial charge in [0, 0.05) is 25.0 Å². The van der Waals surface area contributed by atoms with Crippen LogP contribution < -0.4 is 5.73 Å². The van der Waals surface area contributed by atoms with Crippen LogP contribution >= 0.6 is 0 Å². The molecular weight excluding hydrogens is 318 g/mol. The molecule has 0 atom stereocenters. The quantitative estimate of drug-likeness (QED) is 0.542. The van der Waals surface area contributed by atoms with Gasteiger partial charge in [0.15, 0.2) is 0 Å². The summed E-state index contributed by atoms with van der Waals surface area (Å²) in [6.45, 7) is 8.75. The number of hydrogen-bond acceptors (Lipinski definition) is 4. The second-order valence-electron chi connectivity index (χ2n) is 5.72. The van der Waals surface area contributed by atoms with Crippen molar-refractivity contribution in [2.45, 2.75) is 46.5 Å². The van der Waals surface area contributed by atoms with Gasteiger partial charge in [-0.3, -0.25) is 0 Å². The van der Waals surface area contributed by atoms with Crippen molar-refractivity contribution in [2.24, 2.45) is 5.73 Å². The highest BCUT2D eigenvalue weighted by molar-refractivity contribution is 6.69. The molecule has 0 spiro atoms. The Bertz CT molecular complexity index is 443. The van der Waals surface area contributed by atoms with E-state index in [4.69, 9.17) is 19.0 Å². The molecule has 136 valence electrons. The predicted octanol–water partition coefficient (Wildman–Crippen LogP) is 4.18. The van der Waals surface area contributed by atoms with Gasteiger partial charge in [0.05, 0.1) is 0 Å². The van der Waals surface area contributed by atoms with Crippen molar-refractivity contribution >= 4 is 14.9 Å². The second kappa shape index (κ2) is 12.4. The Hall–Kier alpha value is -0.983. The Balaban J connectivity index is 3.21. The van der Waals surface area contributed by atoms with E-state index in [0.29, 0.717) is 26.4 Å². The van der Waals surface area contributed by atoms with E-state index in [0.717, 1.165) is 36.4 Å². The fraction of sp³-hybridized carbons (Fsp3) is 0.579. The first-order chi connectivity index (χ1) is 11.7. The molecule has 1 aromatic rings. The third kappa shape index (κ3) is 6.87. The van der Waals surface area contributed by atoms with Crippen LogP contribution in [0.15, 0.2) is 35.5 Å². The molecule has 4 nitrogen and oxygen atoms in total. The second-order valence-corrected chi connectivity index (χ2v) is 8.34. The molecule has 0 aliphatic rings. The summed E-state index contributed by atoms with van der Waals surface area (Å²) in [7, 11) is -2.91. The predicted molar refractivity (Wildman–Crippen MR) is 103 cm³/mol. The van der Waals surface area contributed by atoms with Gasteiger partial charge in [-0.2, -0.15) is 0 Å². The Morgan fingerprint density at radius 2 is 1.42 bits per heavy atom. The minimum atomic E-state index is -2.91. The minimum absolute atomic E-state index is 0.549. The van der Waals surface area contributed by atoms with E-state index in [9.17, 15) is 0 Å². The zero-order valence-electron chi connectivity index (χ0n) is 15.4. The minimum Gasteiger partial charge on any atom is -0.370 e. The lowest BCUT2D eigenvalue weighted by molar-refractivity contribution is 0.0677. The summed E-state index contributed by atoms with van der Waals surface area (Å²) in [4.78, 5) is 0. The Morgan fingerprint density at radius 1 is 0.917 bits per heavy atom. The molecule has 0 aromatic heterocycles. The van der Waals surface area contributed by atoms with Crippen molar-refractivity contribution in [3.63, 3.8) is 0 Å². The van der Waals surface area contributed by atoms with E-state index in [-0.39, 0.29) is 0 Å². The Morgan fingerprint density at radius 3 is 1.83 bits per heavy atom. The number of benzene rings is 1. The van der Waals surface area contributed by atoms with Crippen LogP contribution in [0.5, 0.6) is 0 Å². The highest BCUT2D eigenvalue weighted by atomic mass is 28.4. The van der Waals surface area contributed by atoms with Crippen molar-refractivity contribution in [1.82, 2.24) is 0 Å². The fourth-order valence-electron chi connectivity index (χ4n) is 2.33. The van der Waals surface area contributed by atoms with E-state index in [1.807, 2.05) is 18.2 Å². The number of nitrogens with two attached hydrogens (primary N) is 1. The van der Waals surface area contributed by atoms with Gasteiger partial charge in [0.25, 0.3) is 0 Å². The average Bonchev–Trinajstić information content (AvgIpc) is 2.62. The van der Waals surface area contributed by atoms with Crippen molar-refractivity contribution < 1.29 is 13.3 Å². The Labute approximate surface area is 148 Å². The standard InChI is InChI=1S/C19H33NO3Si/c1-4-14-21-24(22-15-5-2,23-16-6-3)19(12-13-20)17-18-10-8-7-9-11-18/h7-11,17H,4-6,12-16,20H2,1-3H3. The lowest BCUT2D eigenvalue weighted by atomic mass is 10.2. The van der Waals surface area contributed by atoms with Crippen molar-refractivity contribution in [3.05, 3.63) is 41.1 Å². The first kappa shape index (κ1) is 21.1. The van der Waals surface area contributed by atoms with Crippen molar-refractivity contribution in [1.29, 1.82) is 0 Å². The van der Waals surface area contributed by atoms with Crippen LogP contribution in [-0.4, -0.2) is 35.2 Å². The normalized spacial score (nSPS) is 12.6. The molecule has 0 saturated carbocycles. The summed E-state index contributed by atoms with van der Waals surface area (Å²) >= 11 is 0. The summed E-state index contributed by atoms with van der Waals surface area (Å²) in [5.74, 6) is 0. The third-order valence-corrected chi connectivity index (χ3v) is 6.37. The maximum Gasteiger partial charge on any atom is 0.533 e. The molecule has 0 bridgehead atoms. The van der Waals surface area contributed by atoms with Gasteiger partial charge in [-0.15, -0.1) is 0 Å². The molecule has 1 rings (SSSR count). The summed E-state index contributed by atoms with van der Waals surface area (Å²) in [5, 5.41) is 1.08. The van der Waals surface area contributed by atoms with Crippen LogP contribution in [0, 0.1) is 0 Å². The van der Waals surface area contributed by atoms with Gasteiger partial charge in [0.1, 0.15) is 0 Å². The molecule has 2 N–H and O–H groups in total. The molecule has 0 aliphatic carbocycles. The zero-order valence-corrected chi connectivity index (χ0v) is 16.4. The molecule has 0 amide bonds. The summed E-state index contributed by atoms with van der Waals surface area (Å²) < 4.78 is 18.7. The largest absolute Gasteiger partial charge is 0.533 e. The van der Waals surface area contributed by atoms with Gasteiger partial charge < -0.3 is 19.0 Å². The van der Waals surface area contributed by atoms with Gasteiger partial charge in [-0.25, -0.2) is 0 Å². The lowest BCUT2D eigenvalue weighted by Gasteiger charge is -2.31. The van der Waals surface area contributed by atoms with E-state index < -0.39 is 8.80 Å². The molecule has 1 aromatic carbocycles. The highest BCUT2D eigenvalue weighted by Gasteiger charge is 2.45. The lowest BCUT2D eigenvalue weighted by Crippen LogP contribution is -2.49. The molecule has 0 aliphatic heterocycles. The SMILES string of the molecule is CCCO[Si](OCCC)(OCCC)C(=Cc1ccccc1)CCN. The third-order valence-electron chi connectivity index (χ3n) is 3.44. The zero-order chi connectivity index (χ0) is 17.7. The molecule has 0 unspecified atom stereocenters. The molecule has 0 radical (unpaired) electrons. The smallest absolute Gasteiger partial charge is 0.370 e. The van der Waals surface area contributed by atoms with Crippen molar-refractivity contribution in [2.75, 3.05) is 26.4 Å². The van der Waals surface area contributed by atoms with Crippen LogP contribution in [0.4, 0.5) is 0 Å². The average molecular weight is 352 g/mol.